The fourth-order valence-corrected chi connectivity index (χ4v) is 6.77. The van der Waals surface area contributed by atoms with E-state index in [1.807, 2.05) is 13.8 Å². The summed E-state index contributed by atoms with van der Waals surface area (Å²) in [5, 5.41) is 17.3. The van der Waals surface area contributed by atoms with Gasteiger partial charge in [-0.25, -0.2) is 9.37 Å². The van der Waals surface area contributed by atoms with Gasteiger partial charge in [0, 0.05) is 30.1 Å². The standard InChI is InChI=1S/C34H48FN5O2/c1-22(2)36-31(41)25-9-13-28(14-10-25)40-30-20-23(21-39-18-16-26(17-19-39)34(3,4)5)6-15-29(30)37-33(40)38-32(42)24-7-11-27(35)12-8-24/h6-8,11-12,15,20,22,25-26,28,32,42H,9-10,13-14,16-19,21H2,1-5H3,(H,36,41)(H,37,38)/t25-,28+,32?. The zero-order valence-corrected chi connectivity index (χ0v) is 25.9. The maximum Gasteiger partial charge on any atom is 0.223 e. The normalized spacial score (nSPS) is 21.5. The highest BCUT2D eigenvalue weighted by atomic mass is 19.1. The number of likely N-dealkylation sites (tertiary alicyclic amines) is 1. The number of piperidine rings is 1. The van der Waals surface area contributed by atoms with Crippen LogP contribution in [0, 0.1) is 23.1 Å². The summed E-state index contributed by atoms with van der Waals surface area (Å²) in [4.78, 5) is 20.2. The highest BCUT2D eigenvalue weighted by Crippen LogP contribution is 2.38. The van der Waals surface area contributed by atoms with E-state index in [2.05, 4.69) is 59.1 Å². The number of aliphatic hydroxyl groups is 1. The van der Waals surface area contributed by atoms with E-state index in [1.165, 1.54) is 30.5 Å². The van der Waals surface area contributed by atoms with Crippen molar-refractivity contribution in [2.45, 2.75) is 98.0 Å². The summed E-state index contributed by atoms with van der Waals surface area (Å²) in [6, 6.07) is 12.7. The average molecular weight is 578 g/mol. The van der Waals surface area contributed by atoms with Crippen molar-refractivity contribution in [1.82, 2.24) is 19.8 Å². The number of hydrogen-bond donors (Lipinski definition) is 3. The Kier molecular flexibility index (Phi) is 9.23. The van der Waals surface area contributed by atoms with Crippen LogP contribution in [0.1, 0.15) is 96.5 Å². The van der Waals surface area contributed by atoms with Gasteiger partial charge in [-0.2, -0.15) is 0 Å². The number of aromatic nitrogens is 2. The number of anilines is 1. The number of hydrogen-bond acceptors (Lipinski definition) is 5. The molecule has 1 atom stereocenters. The van der Waals surface area contributed by atoms with Crippen LogP contribution in [0.3, 0.4) is 0 Å². The third-order valence-corrected chi connectivity index (χ3v) is 9.29. The molecule has 42 heavy (non-hydrogen) atoms. The zero-order chi connectivity index (χ0) is 30.0. The topological polar surface area (TPSA) is 82.4 Å². The molecule has 1 amide bonds. The van der Waals surface area contributed by atoms with Gasteiger partial charge in [-0.3, -0.25) is 9.69 Å². The molecule has 0 bridgehead atoms. The van der Waals surface area contributed by atoms with E-state index in [-0.39, 0.29) is 29.7 Å². The van der Waals surface area contributed by atoms with Crippen molar-refractivity contribution < 1.29 is 14.3 Å². The van der Waals surface area contributed by atoms with Crippen LogP contribution in [0.4, 0.5) is 10.3 Å². The summed E-state index contributed by atoms with van der Waals surface area (Å²) in [6.07, 6.45) is 4.76. The summed E-state index contributed by atoms with van der Waals surface area (Å²) in [6.45, 7) is 14.2. The lowest BCUT2D eigenvalue weighted by atomic mass is 9.75. The number of halogens is 1. The Bertz CT molecular complexity index is 1350. The molecule has 2 aliphatic rings. The molecular weight excluding hydrogens is 529 g/mol. The highest BCUT2D eigenvalue weighted by molar-refractivity contribution is 5.80. The van der Waals surface area contributed by atoms with Crippen molar-refractivity contribution in [1.29, 1.82) is 0 Å². The van der Waals surface area contributed by atoms with Crippen LogP contribution < -0.4 is 10.6 Å². The van der Waals surface area contributed by atoms with Crippen molar-refractivity contribution >= 4 is 22.9 Å². The third-order valence-electron chi connectivity index (χ3n) is 9.29. The summed E-state index contributed by atoms with van der Waals surface area (Å²) < 4.78 is 15.7. The first-order valence-corrected chi connectivity index (χ1v) is 15.7. The van der Waals surface area contributed by atoms with Gasteiger partial charge in [-0.1, -0.05) is 39.0 Å². The van der Waals surface area contributed by atoms with E-state index in [0.29, 0.717) is 16.9 Å². The molecule has 8 heteroatoms. The second kappa shape index (κ2) is 12.7. The number of carbonyl (C=O) groups is 1. The number of carbonyl (C=O) groups excluding carboxylic acids is 1. The van der Waals surface area contributed by atoms with Crippen LogP contribution >= 0.6 is 0 Å². The predicted molar refractivity (Wildman–Crippen MR) is 166 cm³/mol. The molecule has 1 saturated carbocycles. The molecule has 2 aromatic carbocycles. The first kappa shape index (κ1) is 30.5. The molecule has 1 aliphatic carbocycles. The number of rotatable bonds is 8. The molecule has 0 radical (unpaired) electrons. The number of amides is 1. The quantitative estimate of drug-likeness (QED) is 0.257. The van der Waals surface area contributed by atoms with Gasteiger partial charge in [-0.15, -0.1) is 0 Å². The Hall–Kier alpha value is -2.97. The maximum absolute atomic E-state index is 13.5. The first-order chi connectivity index (χ1) is 20.0. The van der Waals surface area contributed by atoms with Gasteiger partial charge in [-0.05, 0) is 107 Å². The number of fused-ring (bicyclic) bond motifs is 1. The van der Waals surface area contributed by atoms with Gasteiger partial charge in [0.1, 0.15) is 5.82 Å². The molecule has 3 aromatic rings. The van der Waals surface area contributed by atoms with Gasteiger partial charge >= 0.3 is 0 Å². The van der Waals surface area contributed by atoms with E-state index in [1.54, 1.807) is 12.1 Å². The summed E-state index contributed by atoms with van der Waals surface area (Å²) in [5.41, 5.74) is 4.10. The summed E-state index contributed by atoms with van der Waals surface area (Å²) in [7, 11) is 0. The van der Waals surface area contributed by atoms with Crippen LogP contribution in [-0.4, -0.2) is 44.6 Å². The monoisotopic (exact) mass is 577 g/mol. The Morgan fingerprint density at radius 1 is 1.02 bits per heavy atom. The number of imidazole rings is 1. The molecule has 1 saturated heterocycles. The fraction of sp³-hybridized carbons (Fsp3) is 0.588. The zero-order valence-electron chi connectivity index (χ0n) is 25.9. The van der Waals surface area contributed by atoms with E-state index >= 15 is 0 Å². The molecule has 1 unspecified atom stereocenters. The summed E-state index contributed by atoms with van der Waals surface area (Å²) >= 11 is 0. The van der Waals surface area contributed by atoms with Crippen molar-refractivity contribution in [3.63, 3.8) is 0 Å². The lowest BCUT2D eigenvalue weighted by Gasteiger charge is -2.38. The van der Waals surface area contributed by atoms with E-state index < -0.39 is 6.23 Å². The number of aliphatic hydroxyl groups excluding tert-OH is 1. The van der Waals surface area contributed by atoms with Crippen LogP contribution in [0.15, 0.2) is 42.5 Å². The van der Waals surface area contributed by atoms with Crippen molar-refractivity contribution in [3.05, 3.63) is 59.4 Å². The fourth-order valence-electron chi connectivity index (χ4n) is 6.77. The van der Waals surface area contributed by atoms with Gasteiger partial charge in [0.05, 0.1) is 11.0 Å². The van der Waals surface area contributed by atoms with Gasteiger partial charge in [0.2, 0.25) is 11.9 Å². The summed E-state index contributed by atoms with van der Waals surface area (Å²) in [5.74, 6) is 1.18. The van der Waals surface area contributed by atoms with Crippen molar-refractivity contribution in [2.75, 3.05) is 18.4 Å². The smallest absolute Gasteiger partial charge is 0.223 e. The minimum absolute atomic E-state index is 0.0197. The number of nitrogens with one attached hydrogen (secondary N) is 2. The Balaban J connectivity index is 1.39. The molecule has 3 N–H and O–H groups in total. The minimum atomic E-state index is -1.03. The van der Waals surface area contributed by atoms with E-state index in [9.17, 15) is 14.3 Å². The lowest BCUT2D eigenvalue weighted by Crippen LogP contribution is -2.37. The predicted octanol–water partition coefficient (Wildman–Crippen LogP) is 6.79. The van der Waals surface area contributed by atoms with Crippen LogP contribution in [0.25, 0.3) is 11.0 Å². The first-order valence-electron chi connectivity index (χ1n) is 15.7. The molecule has 2 fully saturated rings. The highest BCUT2D eigenvalue weighted by Gasteiger charge is 2.31. The molecule has 7 nitrogen and oxygen atoms in total. The molecule has 1 aliphatic heterocycles. The van der Waals surface area contributed by atoms with Gasteiger partial charge in [0.15, 0.2) is 6.23 Å². The van der Waals surface area contributed by atoms with Crippen LogP contribution in [0.2, 0.25) is 0 Å². The van der Waals surface area contributed by atoms with E-state index in [4.69, 9.17) is 4.98 Å². The molecule has 2 heterocycles. The van der Waals surface area contributed by atoms with Gasteiger partial charge in [0.25, 0.3) is 0 Å². The number of nitrogens with zero attached hydrogens (tertiary/aromatic N) is 3. The van der Waals surface area contributed by atoms with Crippen molar-refractivity contribution in [3.8, 4) is 0 Å². The Labute approximate surface area is 249 Å². The minimum Gasteiger partial charge on any atom is -0.369 e. The Morgan fingerprint density at radius 3 is 2.31 bits per heavy atom. The Morgan fingerprint density at radius 2 is 1.69 bits per heavy atom. The third kappa shape index (κ3) is 7.14. The average Bonchev–Trinajstić information content (AvgIpc) is 3.30. The lowest BCUT2D eigenvalue weighted by molar-refractivity contribution is -0.126. The largest absolute Gasteiger partial charge is 0.369 e. The van der Waals surface area contributed by atoms with Crippen LogP contribution in [-0.2, 0) is 11.3 Å². The SMILES string of the molecule is CC(C)NC(=O)[C@H]1CC[C@@H](n2c(NC(O)c3ccc(F)cc3)nc3ccc(CN4CCC(C(C)(C)C)CC4)cc32)CC1. The molecule has 5 rings (SSSR count). The van der Waals surface area contributed by atoms with Crippen molar-refractivity contribution in [2.24, 2.45) is 17.3 Å². The second-order valence-corrected chi connectivity index (χ2v) is 13.8. The number of benzene rings is 2. The molecule has 228 valence electrons. The molecular formula is C34H48FN5O2. The van der Waals surface area contributed by atoms with Crippen LogP contribution in [0.5, 0.6) is 0 Å². The molecule has 0 spiro atoms. The maximum atomic E-state index is 13.5. The van der Waals surface area contributed by atoms with Gasteiger partial charge < -0.3 is 20.3 Å². The van der Waals surface area contributed by atoms with E-state index in [0.717, 1.165) is 62.3 Å². The molecule has 1 aromatic heterocycles. The second-order valence-electron chi connectivity index (χ2n) is 13.8.